The van der Waals surface area contributed by atoms with E-state index in [1.54, 1.807) is 0 Å². The number of piperidine rings is 1. The van der Waals surface area contributed by atoms with E-state index in [-0.39, 0.29) is 0 Å². The Bertz CT molecular complexity index is 301. The van der Waals surface area contributed by atoms with Gasteiger partial charge in [0.25, 0.3) is 0 Å². The third-order valence-electron chi connectivity index (χ3n) is 3.07. The predicted octanol–water partition coefficient (Wildman–Crippen LogP) is 2.20. The van der Waals surface area contributed by atoms with Gasteiger partial charge in [0.1, 0.15) is 0 Å². The second-order valence-corrected chi connectivity index (χ2v) is 4.34. The maximum absolute atomic E-state index is 4.47. The average Bonchev–Trinajstić information content (AvgIpc) is 2.19. The average molecular weight is 190 g/mol. The molecule has 0 unspecified atom stereocenters. The molecule has 0 aromatic carbocycles. The molecule has 0 bridgehead atoms. The third-order valence-corrected chi connectivity index (χ3v) is 3.07. The number of likely N-dealkylation sites (tertiary alicyclic amines) is 1. The van der Waals surface area contributed by atoms with Gasteiger partial charge in [-0.2, -0.15) is 0 Å². The molecule has 2 nitrogen and oxygen atoms in total. The van der Waals surface area contributed by atoms with Crippen molar-refractivity contribution >= 4 is 0 Å². The lowest BCUT2D eigenvalue weighted by molar-refractivity contribution is 0.253. The molecule has 0 N–H and O–H groups in total. The van der Waals surface area contributed by atoms with Crippen molar-refractivity contribution < 1.29 is 0 Å². The van der Waals surface area contributed by atoms with E-state index < -0.39 is 0 Å². The summed E-state index contributed by atoms with van der Waals surface area (Å²) in [5.41, 5.74) is 2.62. The number of aryl methyl sites for hydroxylation is 1. The van der Waals surface area contributed by atoms with Crippen molar-refractivity contribution in [2.24, 2.45) is 0 Å². The molecule has 1 aromatic rings. The van der Waals surface area contributed by atoms with Gasteiger partial charge < -0.3 is 4.90 Å². The van der Waals surface area contributed by atoms with Gasteiger partial charge in [-0.15, -0.1) is 0 Å². The van der Waals surface area contributed by atoms with E-state index >= 15 is 0 Å². The summed E-state index contributed by atoms with van der Waals surface area (Å²) in [6, 6.07) is 4.30. The highest BCUT2D eigenvalue weighted by Crippen LogP contribution is 2.25. The second kappa shape index (κ2) is 4.09. The largest absolute Gasteiger partial charge is 0.306 e. The topological polar surface area (TPSA) is 16.1 Å². The fraction of sp³-hybridized carbons (Fsp3) is 0.583. The van der Waals surface area contributed by atoms with Gasteiger partial charge in [0.2, 0.25) is 0 Å². The van der Waals surface area contributed by atoms with Crippen LogP contribution in [0.25, 0.3) is 0 Å². The van der Waals surface area contributed by atoms with E-state index in [1.807, 2.05) is 6.20 Å². The molecule has 76 valence electrons. The predicted molar refractivity (Wildman–Crippen MR) is 58.4 cm³/mol. The van der Waals surface area contributed by atoms with Crippen molar-refractivity contribution in [2.75, 3.05) is 20.1 Å². The first-order chi connectivity index (χ1) is 6.75. The van der Waals surface area contributed by atoms with Crippen LogP contribution in [-0.4, -0.2) is 30.0 Å². The van der Waals surface area contributed by atoms with Crippen LogP contribution in [0.2, 0.25) is 0 Å². The minimum Gasteiger partial charge on any atom is -0.306 e. The van der Waals surface area contributed by atoms with Gasteiger partial charge in [0, 0.05) is 17.8 Å². The lowest BCUT2D eigenvalue weighted by atomic mass is 9.93. The zero-order valence-electron chi connectivity index (χ0n) is 9.03. The highest BCUT2D eigenvalue weighted by Gasteiger charge is 2.18. The van der Waals surface area contributed by atoms with Crippen LogP contribution < -0.4 is 0 Å². The number of pyridine rings is 1. The normalized spacial score (nSPS) is 19.9. The van der Waals surface area contributed by atoms with Crippen LogP contribution in [0, 0.1) is 6.92 Å². The molecule has 0 amide bonds. The van der Waals surface area contributed by atoms with Crippen LogP contribution in [0.5, 0.6) is 0 Å². The zero-order valence-corrected chi connectivity index (χ0v) is 9.03. The van der Waals surface area contributed by atoms with Gasteiger partial charge in [0.15, 0.2) is 0 Å². The second-order valence-electron chi connectivity index (χ2n) is 4.34. The van der Waals surface area contributed by atoms with Crippen LogP contribution in [0.3, 0.4) is 0 Å². The molecule has 0 aliphatic carbocycles. The molecule has 1 saturated heterocycles. The van der Waals surface area contributed by atoms with Gasteiger partial charge in [0.05, 0.1) is 0 Å². The van der Waals surface area contributed by atoms with Crippen LogP contribution in [0.15, 0.2) is 18.3 Å². The van der Waals surface area contributed by atoms with Crippen LogP contribution in [0.1, 0.15) is 30.0 Å². The SMILES string of the molecule is Cc1ccnc(C2CCN(C)CC2)c1. The fourth-order valence-electron chi connectivity index (χ4n) is 2.09. The Morgan fingerprint density at radius 3 is 2.71 bits per heavy atom. The molecule has 0 saturated carbocycles. The maximum atomic E-state index is 4.47. The van der Waals surface area contributed by atoms with Crippen LogP contribution >= 0.6 is 0 Å². The van der Waals surface area contributed by atoms with Gasteiger partial charge in [-0.3, -0.25) is 4.98 Å². The lowest BCUT2D eigenvalue weighted by Gasteiger charge is -2.28. The molecular weight excluding hydrogens is 172 g/mol. The molecule has 1 aliphatic rings. The standard InChI is InChI=1S/C12H18N2/c1-10-3-6-13-12(9-10)11-4-7-14(2)8-5-11/h3,6,9,11H,4-5,7-8H2,1-2H3. The molecule has 2 heterocycles. The zero-order chi connectivity index (χ0) is 9.97. The summed E-state index contributed by atoms with van der Waals surface area (Å²) >= 11 is 0. The fourth-order valence-corrected chi connectivity index (χ4v) is 2.09. The molecule has 0 radical (unpaired) electrons. The molecule has 2 heteroatoms. The number of nitrogens with zero attached hydrogens (tertiary/aromatic N) is 2. The number of rotatable bonds is 1. The minimum absolute atomic E-state index is 0.686. The summed E-state index contributed by atoms with van der Waals surface area (Å²) in [5, 5.41) is 0. The van der Waals surface area contributed by atoms with Crippen molar-refractivity contribution in [3.63, 3.8) is 0 Å². The van der Waals surface area contributed by atoms with E-state index in [0.29, 0.717) is 5.92 Å². The molecule has 2 rings (SSSR count). The first-order valence-electron chi connectivity index (χ1n) is 5.37. The number of hydrogen-bond acceptors (Lipinski definition) is 2. The smallest absolute Gasteiger partial charge is 0.0438 e. The quantitative estimate of drug-likeness (QED) is 0.675. The summed E-state index contributed by atoms with van der Waals surface area (Å²) in [4.78, 5) is 6.86. The molecule has 14 heavy (non-hydrogen) atoms. The molecule has 1 aromatic heterocycles. The van der Waals surface area contributed by atoms with Crippen molar-refractivity contribution in [1.29, 1.82) is 0 Å². The van der Waals surface area contributed by atoms with Gasteiger partial charge in [-0.25, -0.2) is 0 Å². The van der Waals surface area contributed by atoms with E-state index in [2.05, 4.69) is 36.0 Å². The Morgan fingerprint density at radius 1 is 1.36 bits per heavy atom. The number of aromatic nitrogens is 1. The van der Waals surface area contributed by atoms with E-state index in [0.717, 1.165) is 0 Å². The number of hydrogen-bond donors (Lipinski definition) is 0. The summed E-state index contributed by atoms with van der Waals surface area (Å²) in [6.45, 7) is 4.56. The molecule has 0 atom stereocenters. The molecule has 1 fully saturated rings. The van der Waals surface area contributed by atoms with Gasteiger partial charge in [-0.1, -0.05) is 0 Å². The van der Waals surface area contributed by atoms with Crippen molar-refractivity contribution in [3.8, 4) is 0 Å². The van der Waals surface area contributed by atoms with E-state index in [4.69, 9.17) is 0 Å². The van der Waals surface area contributed by atoms with Crippen molar-refractivity contribution in [3.05, 3.63) is 29.6 Å². The summed E-state index contributed by atoms with van der Waals surface area (Å²) in [7, 11) is 2.19. The van der Waals surface area contributed by atoms with Gasteiger partial charge in [-0.05, 0) is 57.6 Å². The van der Waals surface area contributed by atoms with Crippen LogP contribution in [0.4, 0.5) is 0 Å². The highest BCUT2D eigenvalue weighted by atomic mass is 15.1. The maximum Gasteiger partial charge on any atom is 0.0438 e. The molecule has 1 aliphatic heterocycles. The summed E-state index contributed by atoms with van der Waals surface area (Å²) in [5.74, 6) is 0.686. The summed E-state index contributed by atoms with van der Waals surface area (Å²) < 4.78 is 0. The monoisotopic (exact) mass is 190 g/mol. The van der Waals surface area contributed by atoms with Gasteiger partial charge >= 0.3 is 0 Å². The Hall–Kier alpha value is -0.890. The van der Waals surface area contributed by atoms with E-state index in [1.165, 1.54) is 37.2 Å². The Labute approximate surface area is 86.0 Å². The van der Waals surface area contributed by atoms with Crippen LogP contribution in [-0.2, 0) is 0 Å². The Balaban J connectivity index is 2.08. The Morgan fingerprint density at radius 2 is 2.07 bits per heavy atom. The minimum atomic E-state index is 0.686. The summed E-state index contributed by atoms with van der Waals surface area (Å²) in [6.07, 6.45) is 4.45. The lowest BCUT2D eigenvalue weighted by Crippen LogP contribution is -2.29. The first-order valence-corrected chi connectivity index (χ1v) is 5.37. The molecule has 0 spiro atoms. The Kier molecular flexibility index (Phi) is 2.82. The van der Waals surface area contributed by atoms with Crippen molar-refractivity contribution in [2.45, 2.75) is 25.7 Å². The first kappa shape index (κ1) is 9.66. The molecular formula is C12H18N2. The third kappa shape index (κ3) is 2.13. The van der Waals surface area contributed by atoms with Crippen molar-refractivity contribution in [1.82, 2.24) is 9.88 Å². The van der Waals surface area contributed by atoms with E-state index in [9.17, 15) is 0 Å². The highest BCUT2D eigenvalue weighted by molar-refractivity contribution is 5.18.